The van der Waals surface area contributed by atoms with Crippen molar-refractivity contribution < 1.29 is 4.52 Å². The zero-order valence-electron chi connectivity index (χ0n) is 11.7. The minimum atomic E-state index is 0. The van der Waals surface area contributed by atoms with Crippen molar-refractivity contribution in [3.8, 4) is 0 Å². The van der Waals surface area contributed by atoms with Gasteiger partial charge < -0.3 is 14.4 Å². The number of rotatable bonds is 3. The van der Waals surface area contributed by atoms with Gasteiger partial charge in [0.1, 0.15) is 5.82 Å². The lowest BCUT2D eigenvalue weighted by Crippen LogP contribution is -2.46. The second-order valence-corrected chi connectivity index (χ2v) is 5.02. The molecule has 3 rings (SSSR count). The van der Waals surface area contributed by atoms with Crippen molar-refractivity contribution in [2.75, 3.05) is 19.6 Å². The number of imidazole rings is 1. The van der Waals surface area contributed by atoms with E-state index in [-0.39, 0.29) is 18.4 Å². The van der Waals surface area contributed by atoms with Crippen molar-refractivity contribution in [2.24, 2.45) is 7.05 Å². The first-order valence-electron chi connectivity index (χ1n) is 6.58. The highest BCUT2D eigenvalue weighted by molar-refractivity contribution is 5.85. The zero-order chi connectivity index (χ0) is 13.2. The van der Waals surface area contributed by atoms with E-state index in [9.17, 15) is 0 Å². The lowest BCUT2D eigenvalue weighted by molar-refractivity contribution is 0.130. The summed E-state index contributed by atoms with van der Waals surface area (Å²) in [6.07, 6.45) is 3.83. The van der Waals surface area contributed by atoms with Crippen molar-refractivity contribution in [3.05, 3.63) is 35.7 Å². The van der Waals surface area contributed by atoms with Crippen LogP contribution in [0.5, 0.6) is 0 Å². The standard InChI is InChI=1S/C13H19N5O.ClH/c1-10-7-11(19-16-10)9-18-6-3-14-8-12(18)13-15-4-5-17(13)2;/h4-5,7,12,14H,3,6,8-9H2,1-2H3;1H. The molecule has 7 heteroatoms. The van der Waals surface area contributed by atoms with Crippen LogP contribution in [-0.2, 0) is 13.6 Å². The molecule has 1 saturated heterocycles. The Morgan fingerprint density at radius 3 is 3.00 bits per heavy atom. The molecule has 1 aliphatic rings. The van der Waals surface area contributed by atoms with Gasteiger partial charge in [-0.05, 0) is 6.92 Å². The van der Waals surface area contributed by atoms with Crippen LogP contribution in [0.2, 0.25) is 0 Å². The highest BCUT2D eigenvalue weighted by atomic mass is 35.5. The average Bonchev–Trinajstić information content (AvgIpc) is 2.99. The molecule has 1 aliphatic heterocycles. The van der Waals surface area contributed by atoms with Crippen LogP contribution in [0.3, 0.4) is 0 Å². The number of nitrogens with one attached hydrogen (secondary N) is 1. The molecule has 0 amide bonds. The van der Waals surface area contributed by atoms with Crippen LogP contribution in [0.4, 0.5) is 0 Å². The average molecular weight is 298 g/mol. The maximum Gasteiger partial charge on any atom is 0.150 e. The van der Waals surface area contributed by atoms with E-state index in [4.69, 9.17) is 4.52 Å². The van der Waals surface area contributed by atoms with E-state index >= 15 is 0 Å². The van der Waals surface area contributed by atoms with E-state index in [0.717, 1.165) is 43.5 Å². The Balaban J connectivity index is 0.00000147. The summed E-state index contributed by atoms with van der Waals surface area (Å²) in [4.78, 5) is 6.86. The van der Waals surface area contributed by atoms with Gasteiger partial charge in [0.15, 0.2) is 5.76 Å². The molecule has 1 fully saturated rings. The van der Waals surface area contributed by atoms with Crippen LogP contribution in [0.25, 0.3) is 0 Å². The van der Waals surface area contributed by atoms with E-state index in [0.29, 0.717) is 0 Å². The number of hydrogen-bond donors (Lipinski definition) is 1. The van der Waals surface area contributed by atoms with Gasteiger partial charge in [0.05, 0.1) is 18.3 Å². The van der Waals surface area contributed by atoms with E-state index < -0.39 is 0 Å². The van der Waals surface area contributed by atoms with Crippen LogP contribution >= 0.6 is 12.4 Å². The lowest BCUT2D eigenvalue weighted by atomic mass is 10.1. The first kappa shape index (κ1) is 15.0. The molecule has 0 bridgehead atoms. The quantitative estimate of drug-likeness (QED) is 0.925. The summed E-state index contributed by atoms with van der Waals surface area (Å²) in [6, 6.07) is 2.27. The molecule has 2 aromatic heterocycles. The first-order chi connectivity index (χ1) is 9.24. The smallest absolute Gasteiger partial charge is 0.150 e. The van der Waals surface area contributed by atoms with Gasteiger partial charge in [0.25, 0.3) is 0 Å². The Bertz CT molecular complexity index is 552. The Labute approximate surface area is 124 Å². The molecular formula is C13H20ClN5O. The number of piperazine rings is 1. The molecule has 1 atom stereocenters. The summed E-state index contributed by atoms with van der Waals surface area (Å²) in [5.74, 6) is 2.00. The molecule has 0 aromatic carbocycles. The number of aryl methyl sites for hydroxylation is 2. The second kappa shape index (κ2) is 6.39. The maximum absolute atomic E-state index is 5.32. The van der Waals surface area contributed by atoms with E-state index in [1.54, 1.807) is 0 Å². The molecule has 2 aromatic rings. The van der Waals surface area contributed by atoms with Gasteiger partial charge in [-0.3, -0.25) is 4.90 Å². The Hall–Kier alpha value is -1.37. The van der Waals surface area contributed by atoms with Crippen molar-refractivity contribution >= 4 is 12.4 Å². The fraction of sp³-hybridized carbons (Fsp3) is 0.538. The van der Waals surface area contributed by atoms with Crippen LogP contribution < -0.4 is 5.32 Å². The molecule has 3 heterocycles. The minimum Gasteiger partial charge on any atom is -0.360 e. The van der Waals surface area contributed by atoms with Gasteiger partial charge in [0.2, 0.25) is 0 Å². The Kier molecular flexibility index (Phi) is 4.80. The van der Waals surface area contributed by atoms with Gasteiger partial charge in [-0.2, -0.15) is 0 Å². The molecule has 0 spiro atoms. The van der Waals surface area contributed by atoms with E-state index in [1.165, 1.54) is 0 Å². The fourth-order valence-corrected chi connectivity index (χ4v) is 2.58. The topological polar surface area (TPSA) is 59.1 Å². The number of nitrogens with zero attached hydrogens (tertiary/aromatic N) is 4. The summed E-state index contributed by atoms with van der Waals surface area (Å²) < 4.78 is 7.40. The molecule has 110 valence electrons. The molecule has 0 saturated carbocycles. The predicted molar refractivity (Wildman–Crippen MR) is 77.7 cm³/mol. The predicted octanol–water partition coefficient (Wildman–Crippen LogP) is 1.28. The Morgan fingerprint density at radius 1 is 1.50 bits per heavy atom. The summed E-state index contributed by atoms with van der Waals surface area (Å²) >= 11 is 0. The van der Waals surface area contributed by atoms with Gasteiger partial charge in [-0.25, -0.2) is 4.98 Å². The van der Waals surface area contributed by atoms with Crippen molar-refractivity contribution in [1.29, 1.82) is 0 Å². The van der Waals surface area contributed by atoms with Crippen molar-refractivity contribution in [2.45, 2.75) is 19.5 Å². The van der Waals surface area contributed by atoms with Crippen LogP contribution in [0.15, 0.2) is 23.0 Å². The molecule has 0 aliphatic carbocycles. The third-order valence-electron chi connectivity index (χ3n) is 3.55. The van der Waals surface area contributed by atoms with Gasteiger partial charge in [0, 0.05) is 45.1 Å². The molecule has 0 radical (unpaired) electrons. The SMILES string of the molecule is Cc1cc(CN2CCNCC2c2nccn2C)on1.Cl. The maximum atomic E-state index is 5.32. The normalized spacial score (nSPS) is 19.8. The summed E-state index contributed by atoms with van der Waals surface area (Å²) in [5.41, 5.74) is 0.929. The number of aromatic nitrogens is 3. The fourth-order valence-electron chi connectivity index (χ4n) is 2.58. The highest BCUT2D eigenvalue weighted by Crippen LogP contribution is 2.22. The van der Waals surface area contributed by atoms with Crippen molar-refractivity contribution in [3.63, 3.8) is 0 Å². The second-order valence-electron chi connectivity index (χ2n) is 5.02. The summed E-state index contributed by atoms with van der Waals surface area (Å²) in [7, 11) is 2.04. The first-order valence-corrected chi connectivity index (χ1v) is 6.58. The summed E-state index contributed by atoms with van der Waals surface area (Å²) in [5, 5.41) is 7.38. The molecule has 20 heavy (non-hydrogen) atoms. The molecule has 6 nitrogen and oxygen atoms in total. The monoisotopic (exact) mass is 297 g/mol. The third-order valence-corrected chi connectivity index (χ3v) is 3.55. The van der Waals surface area contributed by atoms with Crippen LogP contribution in [-0.4, -0.2) is 39.2 Å². The molecule has 1 N–H and O–H groups in total. The molecule has 1 unspecified atom stereocenters. The van der Waals surface area contributed by atoms with Gasteiger partial charge in [-0.15, -0.1) is 12.4 Å². The van der Waals surface area contributed by atoms with Gasteiger partial charge >= 0.3 is 0 Å². The third kappa shape index (κ3) is 3.03. The van der Waals surface area contributed by atoms with Crippen LogP contribution in [0.1, 0.15) is 23.3 Å². The van der Waals surface area contributed by atoms with E-state index in [1.807, 2.05) is 32.4 Å². The lowest BCUT2D eigenvalue weighted by Gasteiger charge is -2.34. The van der Waals surface area contributed by atoms with Crippen LogP contribution in [0, 0.1) is 6.92 Å². The minimum absolute atomic E-state index is 0. The largest absolute Gasteiger partial charge is 0.360 e. The highest BCUT2D eigenvalue weighted by Gasteiger charge is 2.27. The number of hydrogen-bond acceptors (Lipinski definition) is 5. The van der Waals surface area contributed by atoms with Gasteiger partial charge in [-0.1, -0.05) is 5.16 Å². The number of halogens is 1. The van der Waals surface area contributed by atoms with E-state index in [2.05, 4.69) is 24.9 Å². The molecular weight excluding hydrogens is 278 g/mol. The zero-order valence-corrected chi connectivity index (χ0v) is 12.6. The summed E-state index contributed by atoms with van der Waals surface area (Å²) in [6.45, 7) is 5.62. The Morgan fingerprint density at radius 2 is 2.35 bits per heavy atom. The van der Waals surface area contributed by atoms with Crippen molar-refractivity contribution in [1.82, 2.24) is 24.9 Å².